The maximum absolute atomic E-state index is 10.9. The van der Waals surface area contributed by atoms with E-state index in [4.69, 9.17) is 16.7 Å². The third-order valence-electron chi connectivity index (χ3n) is 3.39. The molecule has 1 heterocycles. The number of aliphatic carboxylic acids is 1. The Hall–Kier alpha value is -1.81. The second kappa shape index (κ2) is 5.67. The number of halogens is 1. The van der Waals surface area contributed by atoms with Crippen LogP contribution in [0.5, 0.6) is 0 Å². The lowest BCUT2D eigenvalue weighted by atomic mass is 10.1. The molecule has 1 aromatic heterocycles. The molecule has 5 heteroatoms. The van der Waals surface area contributed by atoms with Gasteiger partial charge in [0.1, 0.15) is 0 Å². The highest BCUT2D eigenvalue weighted by atomic mass is 35.5. The Labute approximate surface area is 123 Å². The van der Waals surface area contributed by atoms with Crippen LogP contribution in [0, 0.1) is 20.8 Å². The molecule has 0 aliphatic carbocycles. The highest BCUT2D eigenvalue weighted by Gasteiger charge is 2.15. The molecule has 1 aromatic carbocycles. The fourth-order valence-corrected chi connectivity index (χ4v) is 2.53. The van der Waals surface area contributed by atoms with Gasteiger partial charge in [0.2, 0.25) is 0 Å². The first-order chi connectivity index (χ1) is 9.38. The summed E-state index contributed by atoms with van der Waals surface area (Å²) in [5, 5.41) is 14.1. The van der Waals surface area contributed by atoms with E-state index in [2.05, 4.69) is 5.10 Å². The highest BCUT2D eigenvalue weighted by molar-refractivity contribution is 6.31. The average molecular weight is 293 g/mol. The standard InChI is InChI=1S/C15H17ClN2O2/c1-9-4-5-12(14(16)6-9)8-18-11(3)13(7-15(19)20)10(2)17-18/h4-6H,7-8H2,1-3H3,(H,19,20). The zero-order valence-electron chi connectivity index (χ0n) is 11.8. The van der Waals surface area contributed by atoms with Gasteiger partial charge in [-0.3, -0.25) is 9.48 Å². The first-order valence-electron chi connectivity index (χ1n) is 6.38. The van der Waals surface area contributed by atoms with Crippen molar-refractivity contribution in [2.45, 2.75) is 33.7 Å². The number of aryl methyl sites for hydroxylation is 2. The molecule has 2 rings (SSSR count). The molecule has 0 aliphatic heterocycles. The SMILES string of the molecule is Cc1ccc(Cn2nc(C)c(CC(=O)O)c2C)c(Cl)c1. The quantitative estimate of drug-likeness (QED) is 0.942. The number of aromatic nitrogens is 2. The minimum Gasteiger partial charge on any atom is -0.481 e. The molecule has 0 atom stereocenters. The Kier molecular flexibility index (Phi) is 4.14. The first kappa shape index (κ1) is 14.6. The van der Waals surface area contributed by atoms with Gasteiger partial charge in [0.05, 0.1) is 18.7 Å². The van der Waals surface area contributed by atoms with E-state index in [1.54, 1.807) is 0 Å². The number of hydrogen-bond donors (Lipinski definition) is 1. The second-order valence-electron chi connectivity index (χ2n) is 4.97. The van der Waals surface area contributed by atoms with Gasteiger partial charge in [-0.15, -0.1) is 0 Å². The van der Waals surface area contributed by atoms with Crippen LogP contribution in [-0.2, 0) is 17.8 Å². The molecule has 0 bridgehead atoms. The van der Waals surface area contributed by atoms with E-state index >= 15 is 0 Å². The molecule has 0 radical (unpaired) electrons. The molecule has 106 valence electrons. The summed E-state index contributed by atoms with van der Waals surface area (Å²) in [6.07, 6.45) is -0.000698. The van der Waals surface area contributed by atoms with Crippen LogP contribution in [0.3, 0.4) is 0 Å². The second-order valence-corrected chi connectivity index (χ2v) is 5.38. The number of benzene rings is 1. The maximum Gasteiger partial charge on any atom is 0.307 e. The Bertz CT molecular complexity index is 662. The maximum atomic E-state index is 10.9. The zero-order valence-corrected chi connectivity index (χ0v) is 12.5. The van der Waals surface area contributed by atoms with Crippen LogP contribution < -0.4 is 0 Å². The summed E-state index contributed by atoms with van der Waals surface area (Å²) in [5.74, 6) is -0.843. The summed E-state index contributed by atoms with van der Waals surface area (Å²) < 4.78 is 1.81. The van der Waals surface area contributed by atoms with Gasteiger partial charge in [-0.05, 0) is 38.0 Å². The van der Waals surface area contributed by atoms with Gasteiger partial charge in [0, 0.05) is 16.3 Å². The predicted molar refractivity (Wildman–Crippen MR) is 78.3 cm³/mol. The Morgan fingerprint density at radius 1 is 1.35 bits per heavy atom. The topological polar surface area (TPSA) is 55.1 Å². The van der Waals surface area contributed by atoms with Crippen molar-refractivity contribution in [1.29, 1.82) is 0 Å². The minimum atomic E-state index is -0.843. The molecule has 0 saturated carbocycles. The number of rotatable bonds is 4. The lowest BCUT2D eigenvalue weighted by Gasteiger charge is -2.08. The van der Waals surface area contributed by atoms with Gasteiger partial charge in [-0.2, -0.15) is 5.10 Å². The van der Waals surface area contributed by atoms with Gasteiger partial charge in [-0.25, -0.2) is 0 Å². The molecule has 0 saturated heterocycles. The van der Waals surface area contributed by atoms with Crippen molar-refractivity contribution in [1.82, 2.24) is 9.78 Å². The molecule has 0 aliphatic rings. The van der Waals surface area contributed by atoms with E-state index in [1.165, 1.54) is 0 Å². The molecule has 20 heavy (non-hydrogen) atoms. The van der Waals surface area contributed by atoms with Crippen LogP contribution in [0.1, 0.15) is 28.1 Å². The number of nitrogens with zero attached hydrogens (tertiary/aromatic N) is 2. The number of carboxylic acids is 1. The van der Waals surface area contributed by atoms with E-state index in [-0.39, 0.29) is 6.42 Å². The van der Waals surface area contributed by atoms with E-state index in [1.807, 2.05) is 43.7 Å². The van der Waals surface area contributed by atoms with Crippen molar-refractivity contribution in [3.8, 4) is 0 Å². The fraction of sp³-hybridized carbons (Fsp3) is 0.333. The van der Waals surface area contributed by atoms with Crippen LogP contribution in [0.4, 0.5) is 0 Å². The summed E-state index contributed by atoms with van der Waals surface area (Å²) in [7, 11) is 0. The largest absolute Gasteiger partial charge is 0.481 e. The van der Waals surface area contributed by atoms with Crippen LogP contribution in [0.15, 0.2) is 18.2 Å². The van der Waals surface area contributed by atoms with Crippen molar-refractivity contribution in [2.24, 2.45) is 0 Å². The molecule has 0 spiro atoms. The Morgan fingerprint density at radius 2 is 2.05 bits per heavy atom. The molecular weight excluding hydrogens is 276 g/mol. The van der Waals surface area contributed by atoms with Gasteiger partial charge in [-0.1, -0.05) is 23.7 Å². The summed E-state index contributed by atoms with van der Waals surface area (Å²) in [5.41, 5.74) is 4.50. The van der Waals surface area contributed by atoms with Crippen LogP contribution in [0.2, 0.25) is 5.02 Å². The Morgan fingerprint density at radius 3 is 2.65 bits per heavy atom. The fourth-order valence-electron chi connectivity index (χ4n) is 2.24. The lowest BCUT2D eigenvalue weighted by molar-refractivity contribution is -0.136. The normalized spacial score (nSPS) is 10.8. The molecule has 0 unspecified atom stereocenters. The first-order valence-corrected chi connectivity index (χ1v) is 6.76. The van der Waals surface area contributed by atoms with E-state index in [0.717, 1.165) is 28.1 Å². The van der Waals surface area contributed by atoms with Crippen molar-refractivity contribution >= 4 is 17.6 Å². The van der Waals surface area contributed by atoms with Crippen molar-refractivity contribution < 1.29 is 9.90 Å². The number of carboxylic acid groups (broad SMARTS) is 1. The number of hydrogen-bond acceptors (Lipinski definition) is 2. The zero-order chi connectivity index (χ0) is 14.9. The van der Waals surface area contributed by atoms with Gasteiger partial charge in [0.15, 0.2) is 0 Å². The molecule has 0 amide bonds. The van der Waals surface area contributed by atoms with Crippen LogP contribution in [-0.4, -0.2) is 20.9 Å². The van der Waals surface area contributed by atoms with Gasteiger partial charge < -0.3 is 5.11 Å². The summed E-state index contributed by atoms with van der Waals surface area (Å²) in [6.45, 7) is 6.26. The van der Waals surface area contributed by atoms with Crippen molar-refractivity contribution in [3.05, 3.63) is 51.3 Å². The van der Waals surface area contributed by atoms with E-state index in [9.17, 15) is 4.79 Å². The van der Waals surface area contributed by atoms with E-state index in [0.29, 0.717) is 11.6 Å². The summed E-state index contributed by atoms with van der Waals surface area (Å²) >= 11 is 6.23. The number of carbonyl (C=O) groups is 1. The van der Waals surface area contributed by atoms with Gasteiger partial charge in [0.25, 0.3) is 0 Å². The van der Waals surface area contributed by atoms with E-state index < -0.39 is 5.97 Å². The van der Waals surface area contributed by atoms with Crippen LogP contribution in [0.25, 0.3) is 0 Å². The van der Waals surface area contributed by atoms with Gasteiger partial charge >= 0.3 is 5.97 Å². The molecule has 2 aromatic rings. The monoisotopic (exact) mass is 292 g/mol. The lowest BCUT2D eigenvalue weighted by Crippen LogP contribution is -2.06. The minimum absolute atomic E-state index is 0.000698. The van der Waals surface area contributed by atoms with Crippen molar-refractivity contribution in [3.63, 3.8) is 0 Å². The molecular formula is C15H17ClN2O2. The smallest absolute Gasteiger partial charge is 0.307 e. The Balaban J connectivity index is 2.32. The van der Waals surface area contributed by atoms with Crippen molar-refractivity contribution in [2.75, 3.05) is 0 Å². The predicted octanol–water partition coefficient (Wildman–Crippen LogP) is 3.14. The highest BCUT2D eigenvalue weighted by Crippen LogP contribution is 2.21. The molecule has 4 nitrogen and oxygen atoms in total. The average Bonchev–Trinajstić information content (AvgIpc) is 2.60. The summed E-state index contributed by atoms with van der Waals surface area (Å²) in [6, 6.07) is 5.90. The molecule has 0 fully saturated rings. The molecule has 1 N–H and O–H groups in total. The third-order valence-corrected chi connectivity index (χ3v) is 3.74. The van der Waals surface area contributed by atoms with Crippen LogP contribution >= 0.6 is 11.6 Å². The summed E-state index contributed by atoms with van der Waals surface area (Å²) in [4.78, 5) is 10.9. The third kappa shape index (κ3) is 3.02.